The molecule has 3 nitrogen and oxygen atoms in total. The summed E-state index contributed by atoms with van der Waals surface area (Å²) in [5.41, 5.74) is 3.05. The van der Waals surface area contributed by atoms with E-state index in [-0.39, 0.29) is 0 Å². The largest absolute Gasteiger partial charge is 0.437 e. The molecule has 0 amide bonds. The number of fused-ring (bicyclic) bond motifs is 1. The second-order valence-electron chi connectivity index (χ2n) is 4.23. The molecule has 0 aliphatic carbocycles. The van der Waals surface area contributed by atoms with E-state index in [0.717, 1.165) is 11.1 Å². The molecule has 0 N–H and O–H groups in total. The Hall–Kier alpha value is -2.57. The molecule has 0 saturated carbocycles. The highest BCUT2D eigenvalue weighted by atomic mass is 35.5. The van der Waals surface area contributed by atoms with Gasteiger partial charge in [0.25, 0.3) is 0 Å². The molecule has 3 aromatic rings. The van der Waals surface area contributed by atoms with E-state index >= 15 is 0 Å². The normalized spacial score (nSPS) is 11.0. The van der Waals surface area contributed by atoms with Crippen LogP contribution >= 0.6 is 11.6 Å². The van der Waals surface area contributed by atoms with Crippen molar-refractivity contribution >= 4 is 34.9 Å². The molecule has 3 rings (SSSR count). The lowest BCUT2D eigenvalue weighted by molar-refractivity contribution is 0.590. The Morgan fingerprint density at radius 2 is 1.90 bits per heavy atom. The van der Waals surface area contributed by atoms with Gasteiger partial charge in [0, 0.05) is 11.1 Å². The number of hydrogen-bond donors (Lipinski definition) is 0. The van der Waals surface area contributed by atoms with Gasteiger partial charge in [0.2, 0.25) is 5.89 Å². The molecule has 0 bridgehead atoms. The zero-order valence-electron chi connectivity index (χ0n) is 10.4. The van der Waals surface area contributed by atoms with Gasteiger partial charge in [0.15, 0.2) is 5.58 Å². The minimum Gasteiger partial charge on any atom is -0.437 e. The fourth-order valence-electron chi connectivity index (χ4n) is 1.83. The number of oxazole rings is 1. The summed E-state index contributed by atoms with van der Waals surface area (Å²) in [6.45, 7) is 0. The van der Waals surface area contributed by atoms with Gasteiger partial charge in [-0.25, -0.2) is 4.98 Å². The Labute approximate surface area is 120 Å². The maximum atomic E-state index is 8.74. The highest BCUT2D eigenvalue weighted by Crippen LogP contribution is 2.21. The number of halogens is 1. The van der Waals surface area contributed by atoms with Crippen molar-refractivity contribution in [2.24, 2.45) is 0 Å². The van der Waals surface area contributed by atoms with E-state index in [1.54, 1.807) is 36.4 Å². The van der Waals surface area contributed by atoms with Crippen molar-refractivity contribution in [2.75, 3.05) is 0 Å². The monoisotopic (exact) mass is 280 g/mol. The van der Waals surface area contributed by atoms with Gasteiger partial charge in [0.05, 0.1) is 11.6 Å². The Kier molecular flexibility index (Phi) is 3.24. The Morgan fingerprint density at radius 3 is 2.65 bits per heavy atom. The molecular weight excluding hydrogens is 272 g/mol. The lowest BCUT2D eigenvalue weighted by atomic mass is 10.1. The second kappa shape index (κ2) is 5.20. The number of aromatic nitrogens is 1. The van der Waals surface area contributed by atoms with Crippen LogP contribution in [-0.2, 0) is 0 Å². The van der Waals surface area contributed by atoms with E-state index in [1.165, 1.54) is 0 Å². The first-order valence-electron chi connectivity index (χ1n) is 5.99. The quantitative estimate of drug-likeness (QED) is 0.693. The van der Waals surface area contributed by atoms with Crippen LogP contribution in [0.25, 0.3) is 23.3 Å². The van der Waals surface area contributed by atoms with Crippen molar-refractivity contribution < 1.29 is 4.42 Å². The lowest BCUT2D eigenvalue weighted by Gasteiger charge is -1.91. The minimum absolute atomic E-state index is 0.520. The van der Waals surface area contributed by atoms with Crippen molar-refractivity contribution in [1.29, 1.82) is 5.26 Å². The van der Waals surface area contributed by atoms with Crippen LogP contribution in [0.5, 0.6) is 0 Å². The van der Waals surface area contributed by atoms with E-state index in [9.17, 15) is 0 Å². The summed E-state index contributed by atoms with van der Waals surface area (Å²) in [5.74, 6) is 0.520. The van der Waals surface area contributed by atoms with Gasteiger partial charge in [-0.3, -0.25) is 0 Å². The molecule has 0 aliphatic rings. The fourth-order valence-corrected chi connectivity index (χ4v) is 1.99. The molecular formula is C16H9ClN2O. The summed E-state index contributed by atoms with van der Waals surface area (Å²) in [6, 6.07) is 14.7. The molecule has 0 atom stereocenters. The van der Waals surface area contributed by atoms with Crippen LogP contribution in [0.4, 0.5) is 0 Å². The summed E-state index contributed by atoms with van der Waals surface area (Å²) < 4.78 is 5.58. The third kappa shape index (κ3) is 2.56. The van der Waals surface area contributed by atoms with Gasteiger partial charge in [-0.2, -0.15) is 5.26 Å². The molecule has 0 aliphatic heterocycles. The van der Waals surface area contributed by atoms with Crippen LogP contribution in [-0.4, -0.2) is 4.98 Å². The average Bonchev–Trinajstić information content (AvgIpc) is 2.87. The zero-order chi connectivity index (χ0) is 13.9. The van der Waals surface area contributed by atoms with E-state index in [4.69, 9.17) is 21.3 Å². The second-order valence-corrected chi connectivity index (χ2v) is 4.67. The molecule has 1 aromatic heterocycles. The van der Waals surface area contributed by atoms with Gasteiger partial charge >= 0.3 is 0 Å². The van der Waals surface area contributed by atoms with E-state index in [0.29, 0.717) is 22.1 Å². The van der Waals surface area contributed by atoms with E-state index in [2.05, 4.69) is 11.1 Å². The van der Waals surface area contributed by atoms with Crippen LogP contribution in [0.3, 0.4) is 0 Å². The molecule has 4 heteroatoms. The summed E-state index contributed by atoms with van der Waals surface area (Å²) in [7, 11) is 0. The first-order chi connectivity index (χ1) is 9.74. The van der Waals surface area contributed by atoms with Crippen LogP contribution in [0.15, 0.2) is 46.9 Å². The van der Waals surface area contributed by atoms with Crippen molar-refractivity contribution in [3.05, 3.63) is 64.5 Å². The number of hydrogen-bond acceptors (Lipinski definition) is 3. The van der Waals surface area contributed by atoms with Gasteiger partial charge in [-0.15, -0.1) is 0 Å². The number of nitrogens with zero attached hydrogens (tertiary/aromatic N) is 2. The van der Waals surface area contributed by atoms with Crippen molar-refractivity contribution in [3.63, 3.8) is 0 Å². The van der Waals surface area contributed by atoms with E-state index < -0.39 is 0 Å². The van der Waals surface area contributed by atoms with Crippen molar-refractivity contribution in [2.45, 2.75) is 0 Å². The smallest absolute Gasteiger partial charge is 0.220 e. The summed E-state index contributed by atoms with van der Waals surface area (Å²) in [5, 5.41) is 9.37. The zero-order valence-corrected chi connectivity index (χ0v) is 11.1. The first-order valence-corrected chi connectivity index (χ1v) is 6.37. The number of rotatable bonds is 2. The molecule has 0 fully saturated rings. The standard InChI is InChI=1S/C16H9ClN2O/c17-13-6-7-15-14(9-13)19-16(20-15)8-5-11-1-3-12(10-18)4-2-11/h1-9H. The lowest BCUT2D eigenvalue weighted by Crippen LogP contribution is -1.75. The molecule has 0 saturated heterocycles. The van der Waals surface area contributed by atoms with Gasteiger partial charge in [-0.1, -0.05) is 23.7 Å². The Bertz CT molecular complexity index is 826. The highest BCUT2D eigenvalue weighted by Gasteiger charge is 2.03. The Balaban J connectivity index is 1.88. The van der Waals surface area contributed by atoms with Crippen LogP contribution < -0.4 is 0 Å². The molecule has 96 valence electrons. The van der Waals surface area contributed by atoms with E-state index in [1.807, 2.05) is 18.2 Å². The summed E-state index contributed by atoms with van der Waals surface area (Å²) >= 11 is 5.90. The first kappa shape index (κ1) is 12.5. The fraction of sp³-hybridized carbons (Fsp3) is 0. The molecule has 20 heavy (non-hydrogen) atoms. The van der Waals surface area contributed by atoms with Crippen LogP contribution in [0.1, 0.15) is 17.0 Å². The number of benzene rings is 2. The van der Waals surface area contributed by atoms with Crippen LogP contribution in [0, 0.1) is 11.3 Å². The molecule has 0 unspecified atom stereocenters. The highest BCUT2D eigenvalue weighted by molar-refractivity contribution is 6.31. The predicted molar refractivity (Wildman–Crippen MR) is 79.1 cm³/mol. The molecule has 0 radical (unpaired) electrons. The minimum atomic E-state index is 0.520. The maximum Gasteiger partial charge on any atom is 0.220 e. The molecule has 2 aromatic carbocycles. The van der Waals surface area contributed by atoms with Gasteiger partial charge < -0.3 is 4.42 Å². The van der Waals surface area contributed by atoms with Gasteiger partial charge in [0.1, 0.15) is 5.52 Å². The molecule has 1 heterocycles. The SMILES string of the molecule is N#Cc1ccc(C=Cc2nc3cc(Cl)ccc3o2)cc1. The maximum absolute atomic E-state index is 8.74. The summed E-state index contributed by atoms with van der Waals surface area (Å²) in [6.07, 6.45) is 3.67. The van der Waals surface area contributed by atoms with Crippen molar-refractivity contribution in [3.8, 4) is 6.07 Å². The van der Waals surface area contributed by atoms with Crippen molar-refractivity contribution in [1.82, 2.24) is 4.98 Å². The summed E-state index contributed by atoms with van der Waals surface area (Å²) in [4.78, 5) is 4.33. The Morgan fingerprint density at radius 1 is 1.10 bits per heavy atom. The third-order valence-electron chi connectivity index (χ3n) is 2.82. The number of nitriles is 1. The average molecular weight is 281 g/mol. The third-order valence-corrected chi connectivity index (χ3v) is 3.06. The molecule has 0 spiro atoms. The van der Waals surface area contributed by atoms with Gasteiger partial charge in [-0.05, 0) is 42.0 Å². The topological polar surface area (TPSA) is 49.8 Å². The predicted octanol–water partition coefficient (Wildman–Crippen LogP) is 4.52. The van der Waals surface area contributed by atoms with Crippen LogP contribution in [0.2, 0.25) is 5.02 Å².